The van der Waals surface area contributed by atoms with Crippen LogP contribution in [0.25, 0.3) is 10.9 Å². The minimum atomic E-state index is -2.07. The fourth-order valence-electron chi connectivity index (χ4n) is 12.2. The van der Waals surface area contributed by atoms with Crippen molar-refractivity contribution in [3.05, 3.63) is 77.7 Å². The average molecular weight is 1620 g/mol. The number of para-hydroxylation sites is 1. The van der Waals surface area contributed by atoms with Gasteiger partial charge in [0.25, 0.3) is 0 Å². The number of nitrogens with two attached hydrogens (primary N) is 4. The number of rotatable bonds is 27. The summed E-state index contributed by atoms with van der Waals surface area (Å²) in [6.45, 7) is -0.178. The van der Waals surface area contributed by atoms with Gasteiger partial charge in [-0.3, -0.25) is 77.2 Å². The summed E-state index contributed by atoms with van der Waals surface area (Å²) in [6, 6.07) is -9.45. The number of aromatic hydroxyl groups is 1. The largest absolute Gasteiger partial charge is 0.508 e. The molecule has 13 atom stereocenters. The first-order chi connectivity index (χ1) is 53.7. The Hall–Kier alpha value is -11.9. The highest BCUT2D eigenvalue weighted by molar-refractivity contribution is 7.80. The number of guanidine groups is 1. The molecule has 2 aromatic carbocycles. The van der Waals surface area contributed by atoms with Crippen molar-refractivity contribution in [3.8, 4) is 5.75 Å². The van der Waals surface area contributed by atoms with Crippen molar-refractivity contribution in [3.63, 3.8) is 0 Å². The molecular formula is C68H97N23O20S2. The Balaban J connectivity index is 1.47. The summed E-state index contributed by atoms with van der Waals surface area (Å²) in [7, 11) is 0. The normalized spacial score (nSPS) is 22.5. The summed E-state index contributed by atoms with van der Waals surface area (Å²) in [5, 5.41) is 90.1. The second-order valence-corrected chi connectivity index (χ2v) is 27.5. The molecule has 2 bridgehead atoms. The van der Waals surface area contributed by atoms with Crippen LogP contribution < -0.4 is 92.1 Å². The van der Waals surface area contributed by atoms with E-state index in [0.717, 1.165) is 11.8 Å². The van der Waals surface area contributed by atoms with Gasteiger partial charge in [-0.25, -0.2) is 9.59 Å². The maximum absolute atomic E-state index is 15.1. The molecule has 6 rings (SSSR count). The number of aryl methyl sites for hydroxylation is 1. The molecule has 1 fully saturated rings. The molecule has 113 heavy (non-hydrogen) atoms. The van der Waals surface area contributed by atoms with Gasteiger partial charge in [0.1, 0.15) is 78.3 Å². The smallest absolute Gasteiger partial charge is 0.326 e. The highest BCUT2D eigenvalue weighted by Crippen LogP contribution is 2.23. The van der Waals surface area contributed by atoms with E-state index in [1.807, 2.05) is 0 Å². The van der Waals surface area contributed by atoms with Crippen molar-refractivity contribution in [2.45, 2.75) is 182 Å². The predicted molar refractivity (Wildman–Crippen MR) is 405 cm³/mol. The van der Waals surface area contributed by atoms with Crippen molar-refractivity contribution in [2.75, 3.05) is 37.7 Å². The van der Waals surface area contributed by atoms with Gasteiger partial charge in [0.05, 0.1) is 24.8 Å². The van der Waals surface area contributed by atoms with Crippen molar-refractivity contribution in [1.82, 2.24) is 94.0 Å². The van der Waals surface area contributed by atoms with Gasteiger partial charge in [-0.2, -0.15) is 25.3 Å². The number of aliphatic hydroxyl groups is 1. The summed E-state index contributed by atoms with van der Waals surface area (Å²) in [5.74, 6) is -18.8. The number of carbonyl (C=O) groups excluding carboxylic acids is 14. The summed E-state index contributed by atoms with van der Waals surface area (Å²) in [6.07, 6.45) is -3.87. The number of carbonyl (C=O) groups is 16. The van der Waals surface area contributed by atoms with Crippen LogP contribution in [-0.4, -0.2) is 262 Å². The Morgan fingerprint density at radius 3 is 1.88 bits per heavy atom. The van der Waals surface area contributed by atoms with Crippen LogP contribution in [0.15, 0.2) is 60.9 Å². The molecule has 2 aliphatic heterocycles. The van der Waals surface area contributed by atoms with Gasteiger partial charge in [-0.15, -0.1) is 5.10 Å². The quantitative estimate of drug-likeness (QED) is 0.0114. The number of aliphatic carboxylic acids is 2. The molecule has 0 radical (unpaired) electrons. The van der Waals surface area contributed by atoms with E-state index in [9.17, 15) is 92.3 Å². The number of aliphatic hydroxyl groups excluding tert-OH is 1. The molecule has 1 saturated heterocycles. The topological polar surface area (TPSA) is 688 Å². The summed E-state index contributed by atoms with van der Waals surface area (Å²) in [5.41, 5.74) is 23.2. The third-order valence-corrected chi connectivity index (χ3v) is 18.9. The van der Waals surface area contributed by atoms with Crippen LogP contribution in [0.1, 0.15) is 94.4 Å². The predicted octanol–water partition coefficient (Wildman–Crippen LogP) is -7.65. The number of carboxylic acids is 2. The summed E-state index contributed by atoms with van der Waals surface area (Å²) < 4.78 is 1.19. The number of amides is 15. The lowest BCUT2D eigenvalue weighted by Crippen LogP contribution is -2.62. The molecule has 2 aliphatic rings. The van der Waals surface area contributed by atoms with E-state index in [1.54, 1.807) is 24.3 Å². The van der Waals surface area contributed by atoms with Gasteiger partial charge in [0.15, 0.2) is 5.96 Å². The van der Waals surface area contributed by atoms with E-state index in [-0.39, 0.29) is 108 Å². The van der Waals surface area contributed by atoms with Gasteiger partial charge in [-0.1, -0.05) is 35.5 Å². The van der Waals surface area contributed by atoms with Gasteiger partial charge < -0.3 is 122 Å². The number of phenolic OH excluding ortho intramolecular Hbond substituents is 1. The molecule has 616 valence electrons. The first-order valence-corrected chi connectivity index (χ1v) is 37.2. The van der Waals surface area contributed by atoms with Crippen molar-refractivity contribution >= 4 is 137 Å². The van der Waals surface area contributed by atoms with E-state index < -0.39 is 217 Å². The molecule has 27 N–H and O–H groups in total. The lowest BCUT2D eigenvalue weighted by molar-refractivity contribution is -0.146. The minimum Gasteiger partial charge on any atom is -0.508 e. The maximum atomic E-state index is 15.1. The molecule has 4 aromatic rings. The number of nitrogens with one attached hydrogen (secondary N) is 15. The maximum Gasteiger partial charge on any atom is 0.326 e. The third-order valence-electron chi connectivity index (χ3n) is 18.1. The Morgan fingerprint density at radius 1 is 0.681 bits per heavy atom. The Bertz CT molecular complexity index is 4090. The molecule has 43 nitrogen and oxygen atoms in total. The van der Waals surface area contributed by atoms with Crippen LogP contribution in [0.3, 0.4) is 0 Å². The number of urea groups is 1. The molecule has 15 amide bonds. The van der Waals surface area contributed by atoms with Crippen molar-refractivity contribution < 1.29 is 97.1 Å². The molecule has 2 aromatic heterocycles. The monoisotopic (exact) mass is 1620 g/mol. The number of nitrogens with zero attached hydrogens (tertiary/aromatic N) is 4. The van der Waals surface area contributed by atoms with Crippen LogP contribution in [-0.2, 0) is 97.7 Å². The van der Waals surface area contributed by atoms with Crippen LogP contribution in [0, 0.1) is 5.41 Å². The second kappa shape index (κ2) is 44.2. The van der Waals surface area contributed by atoms with E-state index in [2.05, 4.69) is 110 Å². The first kappa shape index (κ1) is 90.0. The van der Waals surface area contributed by atoms with Crippen LogP contribution in [0.5, 0.6) is 5.75 Å². The number of H-pyrrole nitrogens is 1. The Labute approximate surface area is 656 Å². The minimum absolute atomic E-state index is 0.00342. The molecule has 45 heteroatoms. The number of hydrogen-bond acceptors (Lipinski definition) is 24. The summed E-state index contributed by atoms with van der Waals surface area (Å²) >= 11 is 8.48. The molecule has 0 saturated carbocycles. The zero-order chi connectivity index (χ0) is 83.2. The molecule has 4 heterocycles. The van der Waals surface area contributed by atoms with Crippen LogP contribution >= 0.6 is 25.3 Å². The molecule has 0 aliphatic carbocycles. The fraction of sp³-hybridized carbons (Fsp3) is 0.515. The zero-order valence-electron chi connectivity index (χ0n) is 61.4. The molecule has 0 spiro atoms. The standard InChI is InChI=1S/C68H97N23O20S2/c1-33(92)54-64(107)84-46(27-53(96)97)65(108)91-23-7-13-50(91)63(106)81-41(10-4-20-74-67(71)72)57(100)86-49(32-113)62(105)79-40(11-5-21-75-68(73)111)55(98)82-44(25-35-29-76-39-9-3-2-8-38(35)39)59(102)80-43(18-19-51(70)94)58(101)78-42(56(99)85-47(66(109)110)24-34-14-16-37(93)17-15-34)12-6-22-90-30-36(88-89-90)26-45(60(103)87-54)83-61(104)48(31-112)77-52(95)28-69/h2-3,8-9,14-17,29-30,33,40-50,54,76,92-93,112-113H,4-7,10-13,18-28,31-32,69H2,1H3,(H2,70,94)(H,77,95)(H,78,101)(H,79,105)(H,80,102)(H,81,106)(H,82,98)(H,83,104)(H,84,107)(H,85,99)(H,86,100)(H,87,103)(H,96,97)(H,109,110)(H4,71,72,74)(H3,73,75,111)/t33-,40+,41+,42-,43+,44+,45+,46+,47-,48+,49+,50+,54+/m1/s1. The number of phenols is 1. The lowest BCUT2D eigenvalue weighted by Gasteiger charge is -2.31. The van der Waals surface area contributed by atoms with Gasteiger partial charge in [0.2, 0.25) is 76.8 Å². The second-order valence-electron chi connectivity index (χ2n) is 26.8. The number of hydrogen-bond donors (Lipinski definition) is 25. The summed E-state index contributed by atoms with van der Waals surface area (Å²) in [4.78, 5) is 227. The Morgan fingerprint density at radius 2 is 1.27 bits per heavy atom. The zero-order valence-corrected chi connectivity index (χ0v) is 63.2. The van der Waals surface area contributed by atoms with E-state index in [0.29, 0.717) is 22.0 Å². The number of aromatic amines is 1. The number of thiol groups is 2. The molecule has 0 unspecified atom stereocenters. The van der Waals surface area contributed by atoms with Crippen LogP contribution in [0.4, 0.5) is 4.79 Å². The number of fused-ring (bicyclic) bond motifs is 4. The van der Waals surface area contributed by atoms with Crippen molar-refractivity contribution in [1.29, 1.82) is 5.41 Å². The van der Waals surface area contributed by atoms with Gasteiger partial charge in [-0.05, 0) is 94.0 Å². The van der Waals surface area contributed by atoms with Crippen molar-refractivity contribution in [2.24, 2.45) is 22.9 Å². The third kappa shape index (κ3) is 28.4. The van der Waals surface area contributed by atoms with E-state index >= 15 is 4.79 Å². The van der Waals surface area contributed by atoms with Crippen LogP contribution in [0.2, 0.25) is 0 Å². The number of carboxylic acid groups (broad SMARTS) is 2. The lowest BCUT2D eigenvalue weighted by atomic mass is 10.0. The number of benzene rings is 2. The fourth-order valence-corrected chi connectivity index (χ4v) is 12.8. The average Bonchev–Trinajstić information content (AvgIpc) is 1.67. The number of primary amides is 2. The highest BCUT2D eigenvalue weighted by Gasteiger charge is 2.43. The SMILES string of the molecule is C[C@@H](O)[C@@H]1NC(=O)[C@@H](NC(=O)[C@H](CS)NC(=O)CN)Cc2cn(nn2)CCC[C@H](C(=O)N[C@H](Cc2ccc(O)cc2)C(=O)O)NC(=O)[C@H](CCC(N)=O)NC(=O)[C@H](Cc2c[nH]c3ccccc23)NC(=O)[C@H](CCCNC(N)=O)NC(=O)[C@H](CS)NC(=O)[C@H](CCCNC(=N)N)NC(=O)[C@@H]2CCCN2C(=O)[C@H](CC(=O)O)NC1=O. The first-order valence-electron chi connectivity index (χ1n) is 36.0. The Kier molecular flexibility index (Phi) is 35.2. The van der Waals surface area contributed by atoms with E-state index in [1.165, 1.54) is 41.3 Å². The highest BCUT2D eigenvalue weighted by atomic mass is 32.1. The van der Waals surface area contributed by atoms with Gasteiger partial charge in [0, 0.05) is 86.7 Å². The van der Waals surface area contributed by atoms with Gasteiger partial charge >= 0.3 is 18.0 Å². The molecular weight excluding hydrogens is 1520 g/mol. The number of aromatic nitrogens is 4. The van der Waals surface area contributed by atoms with E-state index in [4.69, 9.17) is 28.3 Å².